The monoisotopic (exact) mass is 259 g/mol. The molecule has 0 radical (unpaired) electrons. The number of rotatable bonds is 2. The van der Waals surface area contributed by atoms with Gasteiger partial charge in [-0.05, 0) is 37.8 Å². The first-order valence-corrected chi connectivity index (χ1v) is 6.68. The largest absolute Gasteiger partial charge is 0.344 e. The van der Waals surface area contributed by atoms with Crippen molar-refractivity contribution in [1.29, 1.82) is 0 Å². The van der Waals surface area contributed by atoms with E-state index in [9.17, 15) is 9.59 Å². The third kappa shape index (κ3) is 2.45. The van der Waals surface area contributed by atoms with Gasteiger partial charge in [-0.3, -0.25) is 14.6 Å². The van der Waals surface area contributed by atoms with Crippen LogP contribution >= 0.6 is 0 Å². The van der Waals surface area contributed by atoms with Crippen LogP contribution in [-0.4, -0.2) is 29.4 Å². The van der Waals surface area contributed by atoms with Gasteiger partial charge in [0, 0.05) is 18.7 Å². The fraction of sp³-hybridized carbons (Fsp3) is 0.500. The van der Waals surface area contributed by atoms with Crippen LogP contribution in [0.1, 0.15) is 25.0 Å². The summed E-state index contributed by atoms with van der Waals surface area (Å²) in [6.07, 6.45) is 4.10. The van der Waals surface area contributed by atoms with Crippen molar-refractivity contribution >= 4 is 17.5 Å². The van der Waals surface area contributed by atoms with Crippen molar-refractivity contribution in [2.75, 3.05) is 11.4 Å². The Labute approximate surface area is 112 Å². The summed E-state index contributed by atoms with van der Waals surface area (Å²) in [6, 6.07) is 3.42. The zero-order chi connectivity index (χ0) is 13.4. The minimum absolute atomic E-state index is 0.000923. The van der Waals surface area contributed by atoms with Crippen LogP contribution in [0.5, 0.6) is 0 Å². The zero-order valence-electron chi connectivity index (χ0n) is 10.9. The molecule has 0 aromatic carbocycles. The molecule has 1 aliphatic heterocycles. The van der Waals surface area contributed by atoms with Gasteiger partial charge in [-0.15, -0.1) is 0 Å². The van der Waals surface area contributed by atoms with Crippen LogP contribution in [0.3, 0.4) is 0 Å². The lowest BCUT2D eigenvalue weighted by atomic mass is 10.1. The van der Waals surface area contributed by atoms with Gasteiger partial charge in [0.05, 0.1) is 11.9 Å². The van der Waals surface area contributed by atoms with Crippen molar-refractivity contribution in [2.45, 2.75) is 32.2 Å². The Bertz CT molecular complexity index is 508. The fourth-order valence-electron chi connectivity index (χ4n) is 2.42. The molecule has 1 saturated carbocycles. The number of carbonyl (C=O) groups is 2. The van der Waals surface area contributed by atoms with E-state index in [2.05, 4.69) is 10.3 Å². The maximum absolute atomic E-state index is 12.5. The minimum Gasteiger partial charge on any atom is -0.344 e. The minimum atomic E-state index is -0.351. The summed E-state index contributed by atoms with van der Waals surface area (Å²) in [5, 5.41) is 2.85. The van der Waals surface area contributed by atoms with Gasteiger partial charge < -0.3 is 10.2 Å². The predicted molar refractivity (Wildman–Crippen MR) is 70.6 cm³/mol. The predicted octanol–water partition coefficient (Wildman–Crippen LogP) is 1.02. The molecule has 0 bridgehead atoms. The molecule has 1 unspecified atom stereocenters. The lowest BCUT2D eigenvalue weighted by Crippen LogP contribution is -2.46. The molecule has 0 spiro atoms. The highest BCUT2D eigenvalue weighted by Crippen LogP contribution is 2.34. The van der Waals surface area contributed by atoms with Crippen LogP contribution in [0.4, 0.5) is 5.69 Å². The molecule has 5 heteroatoms. The van der Waals surface area contributed by atoms with Gasteiger partial charge in [0.15, 0.2) is 0 Å². The molecule has 2 fully saturated rings. The summed E-state index contributed by atoms with van der Waals surface area (Å²) in [5.74, 6) is 0.280. The Morgan fingerprint density at radius 2 is 2.11 bits per heavy atom. The first kappa shape index (κ1) is 12.1. The second-order valence-corrected chi connectivity index (χ2v) is 5.28. The summed E-state index contributed by atoms with van der Waals surface area (Å²) >= 11 is 0. The third-order valence-corrected chi connectivity index (χ3v) is 3.71. The van der Waals surface area contributed by atoms with Crippen molar-refractivity contribution in [3.05, 3.63) is 24.0 Å². The van der Waals surface area contributed by atoms with E-state index in [1.807, 2.05) is 19.1 Å². The first-order valence-electron chi connectivity index (χ1n) is 6.68. The van der Waals surface area contributed by atoms with Crippen molar-refractivity contribution in [1.82, 2.24) is 10.3 Å². The molecule has 1 N–H and O–H groups in total. The number of hydrogen-bond donors (Lipinski definition) is 1. The van der Waals surface area contributed by atoms with Crippen molar-refractivity contribution in [3.63, 3.8) is 0 Å². The molecule has 2 heterocycles. The highest BCUT2D eigenvalue weighted by molar-refractivity contribution is 6.01. The van der Waals surface area contributed by atoms with Gasteiger partial charge in [-0.1, -0.05) is 0 Å². The number of nitrogens with one attached hydrogen (secondary N) is 1. The Morgan fingerprint density at radius 1 is 1.32 bits per heavy atom. The van der Waals surface area contributed by atoms with Gasteiger partial charge in [-0.2, -0.15) is 0 Å². The standard InChI is InChI=1S/C14H17N3O2/c1-9-2-5-11(8-15-9)17-7-6-12(18)16-13(14(17)19)10-3-4-10/h2,5,8,10,13H,3-4,6-7H2,1H3,(H,16,18). The molecule has 100 valence electrons. The Kier molecular flexibility index (Phi) is 2.97. The highest BCUT2D eigenvalue weighted by atomic mass is 16.2. The molecular weight excluding hydrogens is 242 g/mol. The van der Waals surface area contributed by atoms with Crippen LogP contribution < -0.4 is 10.2 Å². The van der Waals surface area contributed by atoms with E-state index in [1.165, 1.54) is 0 Å². The number of anilines is 1. The zero-order valence-corrected chi connectivity index (χ0v) is 10.9. The number of carbonyl (C=O) groups excluding carboxylic acids is 2. The van der Waals surface area contributed by atoms with E-state index in [-0.39, 0.29) is 17.9 Å². The van der Waals surface area contributed by atoms with Gasteiger partial charge >= 0.3 is 0 Å². The Morgan fingerprint density at radius 3 is 2.74 bits per heavy atom. The number of aromatic nitrogens is 1. The highest BCUT2D eigenvalue weighted by Gasteiger charge is 2.41. The van der Waals surface area contributed by atoms with Crippen LogP contribution in [0, 0.1) is 12.8 Å². The van der Waals surface area contributed by atoms with Gasteiger partial charge in [0.1, 0.15) is 6.04 Å². The van der Waals surface area contributed by atoms with Crippen LogP contribution in [0.15, 0.2) is 18.3 Å². The molecular formula is C14H17N3O2. The average Bonchev–Trinajstić information content (AvgIpc) is 3.21. The van der Waals surface area contributed by atoms with Crippen molar-refractivity contribution < 1.29 is 9.59 Å². The van der Waals surface area contributed by atoms with Gasteiger partial charge in [0.2, 0.25) is 11.8 Å². The van der Waals surface area contributed by atoms with Crippen LogP contribution in [0.2, 0.25) is 0 Å². The Balaban J connectivity index is 1.88. The van der Waals surface area contributed by atoms with Gasteiger partial charge in [0.25, 0.3) is 0 Å². The smallest absolute Gasteiger partial charge is 0.249 e. The van der Waals surface area contributed by atoms with Crippen molar-refractivity contribution in [3.8, 4) is 0 Å². The van der Waals surface area contributed by atoms with Gasteiger partial charge in [-0.25, -0.2) is 0 Å². The molecule has 19 heavy (non-hydrogen) atoms. The van der Waals surface area contributed by atoms with E-state index in [1.54, 1.807) is 11.1 Å². The molecule has 1 aliphatic carbocycles. The number of pyridine rings is 1. The summed E-state index contributed by atoms with van der Waals surface area (Å²) < 4.78 is 0. The van der Waals surface area contributed by atoms with E-state index >= 15 is 0 Å². The quantitative estimate of drug-likeness (QED) is 0.862. The summed E-state index contributed by atoms with van der Waals surface area (Å²) in [6.45, 7) is 2.34. The molecule has 3 rings (SSSR count). The molecule has 1 atom stereocenters. The topological polar surface area (TPSA) is 62.3 Å². The van der Waals surface area contributed by atoms with E-state index < -0.39 is 0 Å². The molecule has 2 aliphatic rings. The summed E-state index contributed by atoms with van der Waals surface area (Å²) in [7, 11) is 0. The number of amides is 2. The number of aryl methyl sites for hydroxylation is 1. The average molecular weight is 259 g/mol. The normalized spacial score (nSPS) is 24.1. The molecule has 5 nitrogen and oxygen atoms in total. The van der Waals surface area contributed by atoms with E-state index in [0.29, 0.717) is 18.9 Å². The lowest BCUT2D eigenvalue weighted by Gasteiger charge is -2.23. The molecule has 2 amide bonds. The maximum Gasteiger partial charge on any atom is 0.249 e. The van der Waals surface area contributed by atoms with E-state index in [4.69, 9.17) is 0 Å². The summed E-state index contributed by atoms with van der Waals surface area (Å²) in [4.78, 5) is 30.2. The molecule has 1 aromatic rings. The number of nitrogens with zero attached hydrogens (tertiary/aromatic N) is 2. The maximum atomic E-state index is 12.5. The Hall–Kier alpha value is -1.91. The van der Waals surface area contributed by atoms with Crippen LogP contribution in [-0.2, 0) is 9.59 Å². The SMILES string of the molecule is Cc1ccc(N2CCC(=O)NC(C3CC3)C2=O)cn1. The number of hydrogen-bond acceptors (Lipinski definition) is 3. The molecule has 1 saturated heterocycles. The van der Waals surface area contributed by atoms with Crippen LogP contribution in [0.25, 0.3) is 0 Å². The molecule has 1 aromatic heterocycles. The summed E-state index contributed by atoms with van der Waals surface area (Å²) in [5.41, 5.74) is 1.69. The van der Waals surface area contributed by atoms with Crippen molar-refractivity contribution in [2.24, 2.45) is 5.92 Å². The third-order valence-electron chi connectivity index (χ3n) is 3.71. The second kappa shape index (κ2) is 4.64. The first-order chi connectivity index (χ1) is 9.15. The second-order valence-electron chi connectivity index (χ2n) is 5.28. The lowest BCUT2D eigenvalue weighted by molar-refractivity contribution is -0.126. The van der Waals surface area contributed by atoms with E-state index in [0.717, 1.165) is 24.2 Å². The fourth-order valence-corrected chi connectivity index (χ4v) is 2.42.